The SMILES string of the molecule is CCN(CC)c1ccc(N/C=C(/C#N)C(=O)N2CCN(Cc3ccccc3)CC2)cc1. The number of hydrogen-bond acceptors (Lipinski definition) is 5. The van der Waals surface area contributed by atoms with Crippen molar-refractivity contribution in [3.8, 4) is 6.07 Å². The molecule has 6 nitrogen and oxygen atoms in total. The number of nitrogens with one attached hydrogen (secondary N) is 1. The molecule has 0 saturated carbocycles. The summed E-state index contributed by atoms with van der Waals surface area (Å²) in [5.74, 6) is -0.214. The van der Waals surface area contributed by atoms with Crippen LogP contribution >= 0.6 is 0 Å². The zero-order valence-corrected chi connectivity index (χ0v) is 18.4. The Labute approximate surface area is 185 Å². The molecule has 0 aliphatic carbocycles. The van der Waals surface area contributed by atoms with Gasteiger partial charge in [-0.15, -0.1) is 0 Å². The van der Waals surface area contributed by atoms with Gasteiger partial charge in [0, 0.05) is 63.4 Å². The van der Waals surface area contributed by atoms with Crippen LogP contribution in [0.25, 0.3) is 0 Å². The Bertz CT molecular complexity index is 905. The van der Waals surface area contributed by atoms with Crippen molar-refractivity contribution >= 4 is 17.3 Å². The van der Waals surface area contributed by atoms with Crippen molar-refractivity contribution in [2.45, 2.75) is 20.4 Å². The molecule has 0 aromatic heterocycles. The molecule has 1 amide bonds. The molecule has 0 unspecified atom stereocenters. The van der Waals surface area contributed by atoms with E-state index in [1.165, 1.54) is 11.8 Å². The summed E-state index contributed by atoms with van der Waals surface area (Å²) in [7, 11) is 0. The zero-order chi connectivity index (χ0) is 22.1. The average Bonchev–Trinajstić information content (AvgIpc) is 2.82. The molecule has 3 rings (SSSR count). The second-order valence-corrected chi connectivity index (χ2v) is 7.59. The van der Waals surface area contributed by atoms with Crippen LogP contribution in [-0.2, 0) is 11.3 Å². The smallest absolute Gasteiger partial charge is 0.266 e. The lowest BCUT2D eigenvalue weighted by Gasteiger charge is -2.34. The summed E-state index contributed by atoms with van der Waals surface area (Å²) >= 11 is 0. The largest absolute Gasteiger partial charge is 0.372 e. The number of rotatable bonds is 8. The molecular formula is C25H31N5O. The van der Waals surface area contributed by atoms with Crippen molar-refractivity contribution in [1.29, 1.82) is 5.26 Å². The maximum Gasteiger partial charge on any atom is 0.266 e. The minimum absolute atomic E-state index is 0.129. The van der Waals surface area contributed by atoms with Gasteiger partial charge in [-0.2, -0.15) is 5.26 Å². The Morgan fingerprint density at radius 1 is 1.03 bits per heavy atom. The molecule has 1 fully saturated rings. The minimum Gasteiger partial charge on any atom is -0.372 e. The van der Waals surface area contributed by atoms with Crippen LogP contribution in [0.5, 0.6) is 0 Å². The fourth-order valence-electron chi connectivity index (χ4n) is 3.78. The van der Waals surface area contributed by atoms with E-state index in [9.17, 15) is 10.1 Å². The maximum atomic E-state index is 12.8. The average molecular weight is 418 g/mol. The van der Waals surface area contributed by atoms with Gasteiger partial charge in [0.2, 0.25) is 0 Å². The third-order valence-corrected chi connectivity index (χ3v) is 5.64. The first-order chi connectivity index (χ1) is 15.1. The monoisotopic (exact) mass is 417 g/mol. The van der Waals surface area contributed by atoms with E-state index >= 15 is 0 Å². The zero-order valence-electron chi connectivity index (χ0n) is 18.4. The van der Waals surface area contributed by atoms with Crippen molar-refractivity contribution in [3.63, 3.8) is 0 Å². The van der Waals surface area contributed by atoms with Gasteiger partial charge in [0.25, 0.3) is 5.91 Å². The Balaban J connectivity index is 1.54. The van der Waals surface area contributed by atoms with Gasteiger partial charge in [-0.25, -0.2) is 0 Å². The van der Waals surface area contributed by atoms with Crippen molar-refractivity contribution in [2.24, 2.45) is 0 Å². The van der Waals surface area contributed by atoms with E-state index in [0.29, 0.717) is 13.1 Å². The number of anilines is 2. The summed E-state index contributed by atoms with van der Waals surface area (Å²) in [5, 5.41) is 12.6. The quantitative estimate of drug-likeness (QED) is 0.524. The summed E-state index contributed by atoms with van der Waals surface area (Å²) in [6.07, 6.45) is 1.52. The summed E-state index contributed by atoms with van der Waals surface area (Å²) in [6, 6.07) is 20.4. The first-order valence-corrected chi connectivity index (χ1v) is 10.9. The van der Waals surface area contributed by atoms with Crippen LogP contribution < -0.4 is 10.2 Å². The number of carbonyl (C=O) groups is 1. The molecule has 2 aromatic rings. The van der Waals surface area contributed by atoms with Gasteiger partial charge in [-0.3, -0.25) is 9.69 Å². The van der Waals surface area contributed by atoms with E-state index in [1.54, 1.807) is 4.90 Å². The molecule has 162 valence electrons. The summed E-state index contributed by atoms with van der Waals surface area (Å²) in [6.45, 7) is 9.92. The van der Waals surface area contributed by atoms with Crippen LogP contribution in [0.2, 0.25) is 0 Å². The predicted molar refractivity (Wildman–Crippen MR) is 126 cm³/mol. The third kappa shape index (κ3) is 6.09. The number of piperazine rings is 1. The molecule has 0 bridgehead atoms. The van der Waals surface area contributed by atoms with E-state index in [0.717, 1.165) is 44.1 Å². The fourth-order valence-corrected chi connectivity index (χ4v) is 3.78. The molecule has 0 spiro atoms. The predicted octanol–water partition coefficient (Wildman–Crippen LogP) is 3.70. The number of nitrogens with zero attached hydrogens (tertiary/aromatic N) is 4. The fraction of sp³-hybridized carbons (Fsp3) is 0.360. The normalized spacial score (nSPS) is 14.7. The molecule has 1 aliphatic rings. The maximum absolute atomic E-state index is 12.8. The number of amides is 1. The van der Waals surface area contributed by atoms with Crippen LogP contribution in [0.1, 0.15) is 19.4 Å². The highest BCUT2D eigenvalue weighted by Crippen LogP contribution is 2.18. The van der Waals surface area contributed by atoms with Crippen LogP contribution in [0.3, 0.4) is 0 Å². The van der Waals surface area contributed by atoms with E-state index in [1.807, 2.05) is 42.5 Å². The van der Waals surface area contributed by atoms with E-state index in [-0.39, 0.29) is 11.5 Å². The van der Waals surface area contributed by atoms with Crippen molar-refractivity contribution in [2.75, 3.05) is 49.5 Å². The number of benzene rings is 2. The van der Waals surface area contributed by atoms with Crippen molar-refractivity contribution in [1.82, 2.24) is 9.80 Å². The van der Waals surface area contributed by atoms with E-state index in [4.69, 9.17) is 0 Å². The van der Waals surface area contributed by atoms with Crippen LogP contribution in [0.15, 0.2) is 66.4 Å². The molecule has 1 heterocycles. The van der Waals surface area contributed by atoms with Crippen LogP contribution in [-0.4, -0.2) is 55.0 Å². The highest BCUT2D eigenvalue weighted by Gasteiger charge is 2.23. The second-order valence-electron chi connectivity index (χ2n) is 7.59. The molecule has 0 atom stereocenters. The topological polar surface area (TPSA) is 62.6 Å². The highest BCUT2D eigenvalue weighted by atomic mass is 16.2. The van der Waals surface area contributed by atoms with Crippen LogP contribution in [0, 0.1) is 11.3 Å². The molecule has 31 heavy (non-hydrogen) atoms. The highest BCUT2D eigenvalue weighted by molar-refractivity contribution is 5.97. The first-order valence-electron chi connectivity index (χ1n) is 10.9. The van der Waals surface area contributed by atoms with Crippen molar-refractivity contribution in [3.05, 3.63) is 71.9 Å². The van der Waals surface area contributed by atoms with E-state index in [2.05, 4.69) is 47.2 Å². The van der Waals surface area contributed by atoms with Gasteiger partial charge in [-0.1, -0.05) is 30.3 Å². The standard InChI is InChI=1S/C25H31N5O/c1-3-29(4-2)24-12-10-23(11-13-24)27-19-22(18-26)25(31)30-16-14-28(15-17-30)20-21-8-6-5-7-9-21/h5-13,19,27H,3-4,14-17,20H2,1-2H3/b22-19-. The van der Waals surface area contributed by atoms with Gasteiger partial charge >= 0.3 is 0 Å². The molecule has 1 aliphatic heterocycles. The number of carbonyl (C=O) groups excluding carboxylic acids is 1. The van der Waals surface area contributed by atoms with Gasteiger partial charge in [0.1, 0.15) is 11.6 Å². The lowest BCUT2D eigenvalue weighted by Crippen LogP contribution is -2.48. The molecule has 1 saturated heterocycles. The van der Waals surface area contributed by atoms with Gasteiger partial charge in [0.05, 0.1) is 0 Å². The van der Waals surface area contributed by atoms with Crippen molar-refractivity contribution < 1.29 is 4.79 Å². The van der Waals surface area contributed by atoms with Gasteiger partial charge in [0.15, 0.2) is 0 Å². The van der Waals surface area contributed by atoms with E-state index < -0.39 is 0 Å². The molecule has 6 heteroatoms. The number of hydrogen-bond donors (Lipinski definition) is 1. The summed E-state index contributed by atoms with van der Waals surface area (Å²) in [4.78, 5) is 19.2. The Morgan fingerprint density at radius 3 is 2.26 bits per heavy atom. The lowest BCUT2D eigenvalue weighted by atomic mass is 10.2. The summed E-state index contributed by atoms with van der Waals surface area (Å²) in [5.41, 5.74) is 3.41. The molecule has 1 N–H and O–H groups in total. The Kier molecular flexibility index (Phi) is 8.08. The molecule has 0 radical (unpaired) electrons. The second kappa shape index (κ2) is 11.2. The van der Waals surface area contributed by atoms with Gasteiger partial charge < -0.3 is 15.1 Å². The van der Waals surface area contributed by atoms with Gasteiger partial charge in [-0.05, 0) is 43.7 Å². The molecule has 2 aromatic carbocycles. The molecular weight excluding hydrogens is 386 g/mol. The summed E-state index contributed by atoms with van der Waals surface area (Å²) < 4.78 is 0. The number of nitriles is 1. The Hall–Kier alpha value is -3.30. The Morgan fingerprint density at radius 2 is 1.68 bits per heavy atom. The minimum atomic E-state index is -0.214. The lowest BCUT2D eigenvalue weighted by molar-refractivity contribution is -0.128. The van der Waals surface area contributed by atoms with Crippen LogP contribution in [0.4, 0.5) is 11.4 Å². The third-order valence-electron chi connectivity index (χ3n) is 5.64. The first kappa shape index (κ1) is 22.4.